The van der Waals surface area contributed by atoms with Crippen molar-refractivity contribution in [3.8, 4) is 0 Å². The number of esters is 1. The number of hydrogen-bond donors (Lipinski definition) is 2. The van der Waals surface area contributed by atoms with E-state index in [4.69, 9.17) is 9.84 Å². The Balaban J connectivity index is 2.44. The highest BCUT2D eigenvalue weighted by atomic mass is 16.6. The molecule has 0 saturated carbocycles. The highest BCUT2D eigenvalue weighted by Gasteiger charge is 2.67. The molecule has 0 amide bonds. The number of ether oxygens (including phenoxy) is 1. The van der Waals surface area contributed by atoms with E-state index in [2.05, 4.69) is 0 Å². The summed E-state index contributed by atoms with van der Waals surface area (Å²) in [4.78, 5) is 22.5. The number of carbonyl (C=O) groups is 2. The van der Waals surface area contributed by atoms with Gasteiger partial charge in [0.2, 0.25) is 0 Å². The van der Waals surface area contributed by atoms with Gasteiger partial charge in [0.25, 0.3) is 0 Å². The molecule has 2 N–H and O–H groups in total. The molecule has 2 unspecified atom stereocenters. The van der Waals surface area contributed by atoms with E-state index in [1.807, 2.05) is 0 Å². The van der Waals surface area contributed by atoms with Crippen LogP contribution in [-0.2, 0) is 14.3 Å². The lowest BCUT2D eigenvalue weighted by Gasteiger charge is -2.51. The molecule has 5 heteroatoms. The van der Waals surface area contributed by atoms with Gasteiger partial charge >= 0.3 is 11.9 Å². The first-order chi connectivity index (χ1) is 7.01. The lowest BCUT2D eigenvalue weighted by atomic mass is 9.60. The molecule has 2 rings (SSSR count). The molecular weight excluding hydrogens is 200 g/mol. The Morgan fingerprint density at radius 1 is 1.73 bits per heavy atom. The van der Waals surface area contributed by atoms with Crippen LogP contribution in [0, 0.1) is 11.3 Å². The quantitative estimate of drug-likeness (QED) is 0.495. The van der Waals surface area contributed by atoms with E-state index in [1.54, 1.807) is 12.2 Å². The van der Waals surface area contributed by atoms with E-state index in [0.29, 0.717) is 0 Å². The van der Waals surface area contributed by atoms with Crippen LogP contribution in [0.15, 0.2) is 12.2 Å². The number of carboxylic acid groups (broad SMARTS) is 1. The van der Waals surface area contributed by atoms with Crippen LogP contribution < -0.4 is 0 Å². The minimum atomic E-state index is -1.28. The summed E-state index contributed by atoms with van der Waals surface area (Å²) in [6.45, 7) is 1.43. The van der Waals surface area contributed by atoms with Gasteiger partial charge in [-0.05, 0) is 19.4 Å². The summed E-state index contributed by atoms with van der Waals surface area (Å²) in [6.07, 6.45) is 1.96. The van der Waals surface area contributed by atoms with Crippen molar-refractivity contribution in [2.24, 2.45) is 11.3 Å². The molecule has 1 heterocycles. The van der Waals surface area contributed by atoms with Crippen LogP contribution in [0.4, 0.5) is 0 Å². The van der Waals surface area contributed by atoms with Gasteiger partial charge in [-0.15, -0.1) is 0 Å². The summed E-state index contributed by atoms with van der Waals surface area (Å²) in [6, 6.07) is 0. The van der Waals surface area contributed by atoms with Crippen molar-refractivity contribution in [1.82, 2.24) is 0 Å². The number of aliphatic hydroxyl groups excluding tert-OH is 1. The Morgan fingerprint density at radius 3 is 2.80 bits per heavy atom. The molecule has 1 aliphatic carbocycles. The maximum atomic E-state index is 11.5. The van der Waals surface area contributed by atoms with Crippen LogP contribution in [0.3, 0.4) is 0 Å². The van der Waals surface area contributed by atoms with Gasteiger partial charge in [0, 0.05) is 0 Å². The van der Waals surface area contributed by atoms with Gasteiger partial charge in [-0.2, -0.15) is 0 Å². The topological polar surface area (TPSA) is 83.8 Å². The molecule has 0 aromatic rings. The van der Waals surface area contributed by atoms with Crippen molar-refractivity contribution < 1.29 is 24.5 Å². The second-order valence-corrected chi connectivity index (χ2v) is 3.99. The summed E-state index contributed by atoms with van der Waals surface area (Å²) < 4.78 is 4.84. The van der Waals surface area contributed by atoms with Crippen molar-refractivity contribution in [2.45, 2.75) is 25.6 Å². The van der Waals surface area contributed by atoms with Crippen molar-refractivity contribution in [1.29, 1.82) is 0 Å². The minimum absolute atomic E-state index is 0.256. The summed E-state index contributed by atoms with van der Waals surface area (Å²) in [5, 5.41) is 18.7. The maximum Gasteiger partial charge on any atom is 0.320 e. The van der Waals surface area contributed by atoms with Crippen LogP contribution in [0.2, 0.25) is 0 Å². The summed E-state index contributed by atoms with van der Waals surface area (Å²) >= 11 is 0. The monoisotopic (exact) mass is 212 g/mol. The Hall–Kier alpha value is -1.36. The molecule has 2 aliphatic rings. The zero-order chi connectivity index (χ0) is 11.2. The Morgan fingerprint density at radius 2 is 2.40 bits per heavy atom. The summed E-state index contributed by atoms with van der Waals surface area (Å²) in [5.74, 6) is -2.57. The number of aliphatic carboxylic acids is 1. The fourth-order valence-electron chi connectivity index (χ4n) is 2.45. The Kier molecular flexibility index (Phi) is 2.08. The molecule has 5 nitrogen and oxygen atoms in total. The predicted molar refractivity (Wildman–Crippen MR) is 48.9 cm³/mol. The fourth-order valence-corrected chi connectivity index (χ4v) is 2.45. The van der Waals surface area contributed by atoms with E-state index < -0.39 is 35.5 Å². The second kappa shape index (κ2) is 3.06. The van der Waals surface area contributed by atoms with Gasteiger partial charge in [0.05, 0.1) is 12.0 Å². The molecule has 0 radical (unpaired) electrons. The fraction of sp³-hybridized carbons (Fsp3) is 0.600. The van der Waals surface area contributed by atoms with Crippen LogP contribution in [0.5, 0.6) is 0 Å². The first-order valence-electron chi connectivity index (χ1n) is 4.80. The lowest BCUT2D eigenvalue weighted by Crippen LogP contribution is -2.67. The zero-order valence-electron chi connectivity index (χ0n) is 8.21. The smallest absolute Gasteiger partial charge is 0.320 e. The molecular formula is C10H12O5. The molecule has 0 aromatic heterocycles. The third kappa shape index (κ3) is 1.07. The van der Waals surface area contributed by atoms with Crippen molar-refractivity contribution in [3.63, 3.8) is 0 Å². The standard InChI is InChI=1S/C10H12O5/c1-5(11)10-6(8(12)13)3-2-4-7(10)15-9(10)14/h2,4-7,11H,3H2,1H3,(H,12,13)/t5?,6-,7?,10+/m0/s1. The summed E-state index contributed by atoms with van der Waals surface area (Å²) in [5.41, 5.74) is -1.28. The van der Waals surface area contributed by atoms with Gasteiger partial charge in [0.15, 0.2) is 0 Å². The summed E-state index contributed by atoms with van der Waals surface area (Å²) in [7, 11) is 0. The molecule has 1 fully saturated rings. The molecule has 0 spiro atoms. The largest absolute Gasteiger partial charge is 0.481 e. The van der Waals surface area contributed by atoms with Gasteiger partial charge in [-0.25, -0.2) is 0 Å². The van der Waals surface area contributed by atoms with E-state index in [-0.39, 0.29) is 6.42 Å². The first-order valence-corrected chi connectivity index (χ1v) is 4.80. The van der Waals surface area contributed by atoms with E-state index in [9.17, 15) is 14.7 Å². The van der Waals surface area contributed by atoms with Crippen molar-refractivity contribution in [2.75, 3.05) is 0 Å². The molecule has 0 bridgehead atoms. The van der Waals surface area contributed by atoms with Crippen LogP contribution >= 0.6 is 0 Å². The number of aliphatic hydroxyl groups is 1. The highest BCUT2D eigenvalue weighted by molar-refractivity contribution is 5.91. The van der Waals surface area contributed by atoms with Gasteiger partial charge < -0.3 is 14.9 Å². The van der Waals surface area contributed by atoms with Crippen LogP contribution in [0.25, 0.3) is 0 Å². The number of carboxylic acids is 1. The van der Waals surface area contributed by atoms with Crippen LogP contribution in [-0.4, -0.2) is 34.4 Å². The SMILES string of the molecule is CC(O)[C@]12C(=O)OC1C=CC[C@H]2C(=O)O. The Bertz CT molecular complexity index is 346. The van der Waals surface area contributed by atoms with E-state index >= 15 is 0 Å². The van der Waals surface area contributed by atoms with Crippen molar-refractivity contribution >= 4 is 11.9 Å². The molecule has 1 aliphatic heterocycles. The molecule has 82 valence electrons. The van der Waals surface area contributed by atoms with E-state index in [1.165, 1.54) is 6.92 Å². The van der Waals surface area contributed by atoms with Gasteiger partial charge in [-0.1, -0.05) is 6.08 Å². The van der Waals surface area contributed by atoms with E-state index in [0.717, 1.165) is 0 Å². The number of carbonyl (C=O) groups excluding carboxylic acids is 1. The third-order valence-electron chi connectivity index (χ3n) is 3.31. The third-order valence-corrected chi connectivity index (χ3v) is 3.31. The minimum Gasteiger partial charge on any atom is -0.481 e. The molecule has 0 aromatic carbocycles. The molecule has 1 saturated heterocycles. The number of hydrogen-bond acceptors (Lipinski definition) is 4. The number of rotatable bonds is 2. The average Bonchev–Trinajstić information content (AvgIpc) is 2.14. The maximum absolute atomic E-state index is 11.5. The van der Waals surface area contributed by atoms with Gasteiger partial charge in [0.1, 0.15) is 11.5 Å². The van der Waals surface area contributed by atoms with Gasteiger partial charge in [-0.3, -0.25) is 9.59 Å². The average molecular weight is 212 g/mol. The lowest BCUT2D eigenvalue weighted by molar-refractivity contribution is -0.231. The first kappa shape index (κ1) is 10.2. The Labute approximate surface area is 86.3 Å². The number of fused-ring (bicyclic) bond motifs is 1. The normalized spacial score (nSPS) is 40.0. The molecule has 15 heavy (non-hydrogen) atoms. The zero-order valence-corrected chi connectivity index (χ0v) is 8.21. The van der Waals surface area contributed by atoms with Crippen LogP contribution in [0.1, 0.15) is 13.3 Å². The molecule has 4 atom stereocenters. The highest BCUT2D eigenvalue weighted by Crippen LogP contribution is 2.50. The number of allylic oxidation sites excluding steroid dienone is 1. The van der Waals surface area contributed by atoms with Crippen molar-refractivity contribution in [3.05, 3.63) is 12.2 Å². The second-order valence-electron chi connectivity index (χ2n) is 3.99. The predicted octanol–water partition coefficient (Wildman–Crippen LogP) is -0.0603.